The molecule has 19 heteroatoms. The Labute approximate surface area is 295 Å². The second-order valence-electron chi connectivity index (χ2n) is 12.5. The van der Waals surface area contributed by atoms with E-state index in [0.717, 1.165) is 30.1 Å². The predicted molar refractivity (Wildman–Crippen MR) is 186 cm³/mol. The second kappa shape index (κ2) is 20.9. The van der Waals surface area contributed by atoms with E-state index in [-0.39, 0.29) is 49.6 Å². The molecule has 0 radical (unpaired) electrons. The van der Waals surface area contributed by atoms with Gasteiger partial charge in [0.05, 0.1) is 82.5 Å². The lowest BCUT2D eigenvalue weighted by atomic mass is 9.99. The molecule has 6 N–H and O–H groups in total. The summed E-state index contributed by atoms with van der Waals surface area (Å²) in [5, 5.41) is 14.8. The maximum absolute atomic E-state index is 12.8. The third kappa shape index (κ3) is 12.0. The number of ether oxygens (including phenoxy) is 5. The van der Waals surface area contributed by atoms with E-state index in [4.69, 9.17) is 49.4 Å². The molecule has 1 amide bonds. The smallest absolute Gasteiger partial charge is 0.225 e. The van der Waals surface area contributed by atoms with Crippen LogP contribution in [-0.2, 0) is 33.0 Å². The van der Waals surface area contributed by atoms with Gasteiger partial charge in [0.25, 0.3) is 0 Å². The number of hydrogen-bond donors (Lipinski definition) is 6. The van der Waals surface area contributed by atoms with E-state index in [1.807, 2.05) is 4.68 Å². The van der Waals surface area contributed by atoms with E-state index in [1.165, 1.54) is 12.8 Å². The molecule has 3 fully saturated rings. The molecule has 0 bridgehead atoms. The van der Waals surface area contributed by atoms with E-state index < -0.39 is 16.8 Å². The van der Waals surface area contributed by atoms with Crippen molar-refractivity contribution in [1.29, 1.82) is 0 Å². The summed E-state index contributed by atoms with van der Waals surface area (Å²) in [4.78, 5) is 48.2. The maximum atomic E-state index is 12.8. The molecule has 0 aromatic carbocycles. The van der Waals surface area contributed by atoms with Gasteiger partial charge in [-0.25, -0.2) is 9.67 Å². The third-order valence-corrected chi connectivity index (χ3v) is 11.2. The van der Waals surface area contributed by atoms with Crippen molar-refractivity contribution in [3.8, 4) is 12.3 Å². The minimum atomic E-state index is -2.21. The molecular formula is C31H51N7O10P2. The zero-order valence-corrected chi connectivity index (χ0v) is 30.1. The number of hydrogen-bond acceptors (Lipinski definition) is 15. The number of rotatable bonds is 22. The fraction of sp³-hybridized carbons (Fsp3) is 0.774. The summed E-state index contributed by atoms with van der Waals surface area (Å²) in [6.45, 7) is 5.13. The minimum Gasteiger partial charge on any atom is -0.377 e. The average Bonchev–Trinajstić information content (AvgIpc) is 3.85. The highest BCUT2D eigenvalue weighted by Gasteiger charge is 2.40. The van der Waals surface area contributed by atoms with Crippen molar-refractivity contribution in [2.24, 2.45) is 10.9 Å². The summed E-state index contributed by atoms with van der Waals surface area (Å²) in [7, 11) is -4.12. The van der Waals surface area contributed by atoms with Gasteiger partial charge in [0, 0.05) is 25.7 Å². The summed E-state index contributed by atoms with van der Waals surface area (Å²) in [6, 6.07) is 0.355. The van der Waals surface area contributed by atoms with Crippen molar-refractivity contribution in [3.05, 3.63) is 11.8 Å². The van der Waals surface area contributed by atoms with E-state index in [2.05, 4.69) is 31.9 Å². The Hall–Kier alpha value is -2.03. The number of fused-ring (bicyclic) bond motifs is 1. The van der Waals surface area contributed by atoms with E-state index in [1.54, 1.807) is 6.20 Å². The van der Waals surface area contributed by atoms with Crippen LogP contribution >= 0.6 is 16.8 Å². The van der Waals surface area contributed by atoms with Crippen molar-refractivity contribution in [3.63, 3.8) is 0 Å². The minimum absolute atomic E-state index is 0.00643. The molecule has 1 aromatic heterocycles. The fourth-order valence-electron chi connectivity index (χ4n) is 6.16. The first-order chi connectivity index (χ1) is 24.4. The Morgan fingerprint density at radius 2 is 1.72 bits per heavy atom. The Morgan fingerprint density at radius 3 is 2.42 bits per heavy atom. The van der Waals surface area contributed by atoms with Crippen LogP contribution < -0.4 is 16.0 Å². The van der Waals surface area contributed by atoms with Crippen molar-refractivity contribution >= 4 is 34.3 Å². The van der Waals surface area contributed by atoms with Crippen LogP contribution in [0.3, 0.4) is 0 Å². The lowest BCUT2D eigenvalue weighted by Gasteiger charge is -2.43. The molecule has 280 valence electrons. The summed E-state index contributed by atoms with van der Waals surface area (Å²) in [5.74, 6) is 3.68. The number of carbonyl (C=O) groups excluding carboxylic acids is 1. The molecule has 3 aliphatic heterocycles. The number of nitrogens with zero attached hydrogens (tertiary/aromatic N) is 4. The van der Waals surface area contributed by atoms with Gasteiger partial charge < -0.3 is 58.8 Å². The number of aliphatic imine (C=N–C) groups is 1. The van der Waals surface area contributed by atoms with Crippen LogP contribution in [0.25, 0.3) is 0 Å². The first-order valence-electron chi connectivity index (χ1n) is 17.3. The van der Waals surface area contributed by atoms with Crippen LogP contribution in [0.2, 0.25) is 0 Å². The van der Waals surface area contributed by atoms with Gasteiger partial charge in [-0.3, -0.25) is 9.69 Å². The normalized spacial score (nSPS) is 23.3. The quantitative estimate of drug-likeness (QED) is 0.0555. The van der Waals surface area contributed by atoms with Gasteiger partial charge in [0.15, 0.2) is 29.3 Å². The SMILES string of the molecule is C#CCOCCOCCOCCOCCNC(=O)C1CN(C2N=C(NC3CCCC3)c3cnn(C4CCC(COP(O)CP(O)O)O4)c3N2)C1. The first kappa shape index (κ1) is 39.2. The van der Waals surface area contributed by atoms with Crippen LogP contribution in [0.5, 0.6) is 0 Å². The number of aromatic nitrogens is 2. The zero-order chi connectivity index (χ0) is 35.1. The Kier molecular flexibility index (Phi) is 16.4. The van der Waals surface area contributed by atoms with E-state index in [0.29, 0.717) is 84.8 Å². The monoisotopic (exact) mass is 743 g/mol. The van der Waals surface area contributed by atoms with Crippen LogP contribution in [0.15, 0.2) is 11.2 Å². The molecule has 5 rings (SSSR count). The number of anilines is 1. The van der Waals surface area contributed by atoms with Gasteiger partial charge in [-0.05, 0) is 25.7 Å². The van der Waals surface area contributed by atoms with Crippen LogP contribution in [0, 0.1) is 18.3 Å². The molecule has 1 aliphatic carbocycles. The molecule has 4 aliphatic rings. The summed E-state index contributed by atoms with van der Waals surface area (Å²) >= 11 is 0. The largest absolute Gasteiger partial charge is 0.377 e. The van der Waals surface area contributed by atoms with Gasteiger partial charge in [-0.1, -0.05) is 18.8 Å². The summed E-state index contributed by atoms with van der Waals surface area (Å²) in [6.07, 6.45) is 11.9. The first-order valence-corrected chi connectivity index (χ1v) is 20.1. The molecule has 2 saturated heterocycles. The van der Waals surface area contributed by atoms with E-state index >= 15 is 0 Å². The number of amides is 1. The molecule has 0 spiro atoms. The highest BCUT2D eigenvalue weighted by atomic mass is 31.2. The summed E-state index contributed by atoms with van der Waals surface area (Å²) < 4.78 is 35.1. The van der Waals surface area contributed by atoms with Gasteiger partial charge in [0.2, 0.25) is 5.91 Å². The van der Waals surface area contributed by atoms with E-state index in [9.17, 15) is 9.69 Å². The molecule has 1 aromatic rings. The molecular weight excluding hydrogens is 692 g/mol. The maximum Gasteiger partial charge on any atom is 0.225 e. The molecule has 17 nitrogen and oxygen atoms in total. The molecule has 50 heavy (non-hydrogen) atoms. The number of likely N-dealkylation sites (tertiary alicyclic amines) is 1. The Morgan fingerprint density at radius 1 is 1.02 bits per heavy atom. The number of amidine groups is 1. The molecule has 4 heterocycles. The molecule has 4 atom stereocenters. The second-order valence-corrected chi connectivity index (χ2v) is 15.3. The van der Waals surface area contributed by atoms with Gasteiger partial charge in [0.1, 0.15) is 18.3 Å². The van der Waals surface area contributed by atoms with Crippen molar-refractivity contribution in [2.45, 2.75) is 63.2 Å². The third-order valence-electron chi connectivity index (χ3n) is 8.75. The number of nitrogens with one attached hydrogen (secondary N) is 3. The standard InChI is InChI=1S/C31H51N7O10P2/c1-2-10-43-12-14-45-16-17-46-15-13-44-11-9-32-30(39)23-19-37(20-23)31-35-28(34-24-5-3-4-6-24)26-18-33-38(29(26)36-31)27-8-7-25(48-27)21-47-50(42)22-49(40)41/h1,18,23-25,27,31,36,40-42H,3-17,19-22H2,(H,32,39)(H,34,35). The van der Waals surface area contributed by atoms with Crippen LogP contribution in [-0.4, -0.2) is 145 Å². The highest BCUT2D eigenvalue weighted by molar-refractivity contribution is 7.63. The van der Waals surface area contributed by atoms with Crippen LogP contribution in [0.1, 0.15) is 50.3 Å². The van der Waals surface area contributed by atoms with Gasteiger partial charge in [-0.15, -0.1) is 6.42 Å². The topological polar surface area (TPSA) is 203 Å². The van der Waals surface area contributed by atoms with Crippen molar-refractivity contribution < 1.29 is 47.7 Å². The Bertz CT molecular complexity index is 1260. The Balaban J connectivity index is 1.03. The number of terminal acetylenes is 1. The zero-order valence-electron chi connectivity index (χ0n) is 28.4. The van der Waals surface area contributed by atoms with Gasteiger partial charge in [-0.2, -0.15) is 5.10 Å². The van der Waals surface area contributed by atoms with Gasteiger partial charge >= 0.3 is 0 Å². The lowest BCUT2D eigenvalue weighted by molar-refractivity contribution is -0.131. The molecule has 1 saturated carbocycles. The number of carbonyl (C=O) groups is 1. The lowest BCUT2D eigenvalue weighted by Crippen LogP contribution is -2.60. The van der Waals surface area contributed by atoms with Crippen molar-refractivity contribution in [2.75, 3.05) is 90.3 Å². The average molecular weight is 744 g/mol. The summed E-state index contributed by atoms with van der Waals surface area (Å²) in [5.41, 5.74) is 0.880. The fourth-order valence-corrected chi connectivity index (χ4v) is 7.69. The predicted octanol–water partition coefficient (Wildman–Crippen LogP) is 0.871. The highest BCUT2D eigenvalue weighted by Crippen LogP contribution is 2.44. The molecule has 4 unspecified atom stereocenters. The van der Waals surface area contributed by atoms with Crippen molar-refractivity contribution in [1.82, 2.24) is 25.3 Å². The van der Waals surface area contributed by atoms with Crippen LogP contribution in [0.4, 0.5) is 5.82 Å².